The van der Waals surface area contributed by atoms with Crippen LogP contribution in [-0.2, 0) is 0 Å². The predicted octanol–water partition coefficient (Wildman–Crippen LogP) is 3.17. The molecule has 5 nitrogen and oxygen atoms in total. The number of carbonyl (C=O) groups is 1. The highest BCUT2D eigenvalue weighted by Crippen LogP contribution is 2.24. The van der Waals surface area contributed by atoms with Crippen molar-refractivity contribution in [2.75, 3.05) is 30.0 Å². The highest BCUT2D eigenvalue weighted by Gasteiger charge is 2.12. The topological polar surface area (TPSA) is 71.2 Å². The number of nitrogens with two attached hydrogens (primary N) is 1. The second-order valence-electron chi connectivity index (χ2n) is 5.35. The van der Waals surface area contributed by atoms with Crippen LogP contribution in [0.5, 0.6) is 0 Å². The van der Waals surface area contributed by atoms with Gasteiger partial charge < -0.3 is 10.6 Å². The molecule has 0 saturated heterocycles. The summed E-state index contributed by atoms with van der Waals surface area (Å²) in [6.45, 7) is 4.14. The smallest absolute Gasteiger partial charge is 0.257 e. The van der Waals surface area contributed by atoms with Gasteiger partial charge in [-0.25, -0.2) is 4.98 Å². The summed E-state index contributed by atoms with van der Waals surface area (Å²) >= 11 is 1.43. The van der Waals surface area contributed by atoms with Crippen molar-refractivity contribution < 1.29 is 4.79 Å². The summed E-state index contributed by atoms with van der Waals surface area (Å²) in [6.07, 6.45) is 0. The minimum absolute atomic E-state index is 0.198. The molecule has 0 radical (unpaired) electrons. The molecule has 0 aliphatic heterocycles. The van der Waals surface area contributed by atoms with E-state index in [2.05, 4.69) is 24.1 Å². The summed E-state index contributed by atoms with van der Waals surface area (Å²) < 4.78 is 0. The number of aromatic nitrogens is 1. The van der Waals surface area contributed by atoms with Crippen LogP contribution in [0.3, 0.4) is 0 Å². The molecule has 1 aromatic carbocycles. The van der Waals surface area contributed by atoms with Gasteiger partial charge in [-0.1, -0.05) is 13.8 Å². The summed E-state index contributed by atoms with van der Waals surface area (Å²) in [5, 5.41) is 5.38. The van der Waals surface area contributed by atoms with Gasteiger partial charge in [0.2, 0.25) is 0 Å². The average molecular weight is 304 g/mol. The number of carbonyl (C=O) groups excluding carboxylic acids is 1. The van der Waals surface area contributed by atoms with Crippen LogP contribution in [0.4, 0.5) is 16.5 Å². The predicted molar refractivity (Wildman–Crippen MR) is 89.3 cm³/mol. The van der Waals surface area contributed by atoms with Crippen LogP contribution >= 0.6 is 11.3 Å². The normalized spacial score (nSPS) is 10.7. The highest BCUT2D eigenvalue weighted by atomic mass is 32.1. The van der Waals surface area contributed by atoms with E-state index >= 15 is 0 Å². The van der Waals surface area contributed by atoms with Crippen LogP contribution in [-0.4, -0.2) is 25.0 Å². The molecule has 0 saturated carbocycles. The molecule has 1 amide bonds. The maximum atomic E-state index is 12.2. The van der Waals surface area contributed by atoms with E-state index in [0.717, 1.165) is 11.4 Å². The van der Waals surface area contributed by atoms with Crippen molar-refractivity contribution in [3.8, 4) is 0 Å². The lowest BCUT2D eigenvalue weighted by atomic mass is 10.1. The second kappa shape index (κ2) is 6.13. The van der Waals surface area contributed by atoms with Crippen LogP contribution < -0.4 is 16.0 Å². The number of hydrogen-bond donors (Lipinski definition) is 2. The van der Waals surface area contributed by atoms with Crippen LogP contribution in [0.2, 0.25) is 0 Å². The number of thiazole rings is 1. The zero-order valence-corrected chi connectivity index (χ0v) is 13.5. The number of nitrogens with zero attached hydrogens (tertiary/aromatic N) is 2. The van der Waals surface area contributed by atoms with Gasteiger partial charge in [0.15, 0.2) is 5.13 Å². The molecule has 21 heavy (non-hydrogen) atoms. The molecule has 0 spiro atoms. The van der Waals surface area contributed by atoms with E-state index in [1.54, 1.807) is 12.1 Å². The van der Waals surface area contributed by atoms with E-state index in [1.165, 1.54) is 11.3 Å². The first-order valence-corrected chi connectivity index (χ1v) is 7.60. The minimum Gasteiger partial charge on any atom is -0.397 e. The van der Waals surface area contributed by atoms with E-state index in [4.69, 9.17) is 5.73 Å². The van der Waals surface area contributed by atoms with Crippen molar-refractivity contribution in [2.24, 2.45) is 0 Å². The second-order valence-corrected chi connectivity index (χ2v) is 6.21. The van der Waals surface area contributed by atoms with E-state index < -0.39 is 0 Å². The van der Waals surface area contributed by atoms with Gasteiger partial charge in [0, 0.05) is 25.0 Å². The zero-order chi connectivity index (χ0) is 15.6. The summed E-state index contributed by atoms with van der Waals surface area (Å²) in [5.74, 6) is 0.151. The molecule has 0 unspecified atom stereocenters. The van der Waals surface area contributed by atoms with Gasteiger partial charge >= 0.3 is 0 Å². The number of amides is 1. The molecule has 2 rings (SSSR count). The Morgan fingerprint density at radius 3 is 2.62 bits per heavy atom. The van der Waals surface area contributed by atoms with Crippen LogP contribution in [0.15, 0.2) is 23.6 Å². The number of rotatable bonds is 4. The Hall–Kier alpha value is -2.08. The molecule has 0 aliphatic carbocycles. The SMILES string of the molecule is CC(C)c1csc(NC(=O)c2ccc(N(C)C)c(N)c2)n1. The van der Waals surface area contributed by atoms with Crippen molar-refractivity contribution in [2.45, 2.75) is 19.8 Å². The molecule has 2 aromatic rings. The Bertz CT molecular complexity index is 649. The first kappa shape index (κ1) is 15.3. The third-order valence-electron chi connectivity index (χ3n) is 3.11. The molecule has 0 atom stereocenters. The van der Waals surface area contributed by atoms with Crippen LogP contribution in [0.1, 0.15) is 35.8 Å². The zero-order valence-electron chi connectivity index (χ0n) is 12.7. The van der Waals surface area contributed by atoms with Gasteiger partial charge in [-0.05, 0) is 24.1 Å². The summed E-state index contributed by atoms with van der Waals surface area (Å²) in [6, 6.07) is 5.28. The monoisotopic (exact) mass is 304 g/mol. The van der Waals surface area contributed by atoms with Crippen molar-refractivity contribution >= 4 is 33.8 Å². The Morgan fingerprint density at radius 2 is 2.10 bits per heavy atom. The number of nitrogen functional groups attached to an aromatic ring is 1. The molecule has 0 fully saturated rings. The van der Waals surface area contributed by atoms with Gasteiger partial charge in [-0.2, -0.15) is 0 Å². The number of anilines is 3. The van der Waals surface area contributed by atoms with E-state index in [0.29, 0.717) is 22.3 Å². The Morgan fingerprint density at radius 1 is 1.38 bits per heavy atom. The maximum Gasteiger partial charge on any atom is 0.257 e. The van der Waals surface area contributed by atoms with Crippen molar-refractivity contribution in [1.82, 2.24) is 4.98 Å². The molecule has 0 aliphatic rings. The van der Waals surface area contributed by atoms with Crippen molar-refractivity contribution in [1.29, 1.82) is 0 Å². The van der Waals surface area contributed by atoms with Gasteiger partial charge in [0.1, 0.15) is 0 Å². The Balaban J connectivity index is 2.14. The largest absolute Gasteiger partial charge is 0.397 e. The molecule has 6 heteroatoms. The minimum atomic E-state index is -0.198. The first-order valence-electron chi connectivity index (χ1n) is 6.72. The Labute approximate surface area is 128 Å². The van der Waals surface area contributed by atoms with Gasteiger partial charge in [0.05, 0.1) is 17.1 Å². The number of hydrogen-bond acceptors (Lipinski definition) is 5. The third kappa shape index (κ3) is 3.52. The number of benzene rings is 1. The fourth-order valence-corrected chi connectivity index (χ4v) is 2.75. The van der Waals surface area contributed by atoms with Crippen molar-refractivity contribution in [3.05, 3.63) is 34.8 Å². The fourth-order valence-electron chi connectivity index (χ4n) is 1.88. The number of nitrogens with one attached hydrogen (secondary N) is 1. The molecule has 1 heterocycles. The van der Waals surface area contributed by atoms with Crippen molar-refractivity contribution in [3.63, 3.8) is 0 Å². The van der Waals surface area contributed by atoms with Crippen LogP contribution in [0.25, 0.3) is 0 Å². The maximum absolute atomic E-state index is 12.2. The summed E-state index contributed by atoms with van der Waals surface area (Å²) in [4.78, 5) is 18.5. The molecule has 3 N–H and O–H groups in total. The Kier molecular flexibility index (Phi) is 4.47. The van der Waals surface area contributed by atoms with E-state index in [-0.39, 0.29) is 5.91 Å². The van der Waals surface area contributed by atoms with Crippen LogP contribution in [0, 0.1) is 0 Å². The van der Waals surface area contributed by atoms with Gasteiger partial charge in [-0.15, -0.1) is 11.3 Å². The molecular formula is C15H20N4OS. The average Bonchev–Trinajstić information content (AvgIpc) is 2.86. The highest BCUT2D eigenvalue weighted by molar-refractivity contribution is 7.14. The van der Waals surface area contributed by atoms with E-state index in [1.807, 2.05) is 30.4 Å². The fraction of sp³-hybridized carbons (Fsp3) is 0.333. The standard InChI is InChI=1S/C15H20N4OS/c1-9(2)12-8-21-15(17-12)18-14(20)10-5-6-13(19(3)4)11(16)7-10/h5-9H,16H2,1-4H3,(H,17,18,20). The lowest BCUT2D eigenvalue weighted by Gasteiger charge is -2.15. The molecule has 112 valence electrons. The van der Waals surface area contributed by atoms with E-state index in [9.17, 15) is 4.79 Å². The molecular weight excluding hydrogens is 284 g/mol. The quantitative estimate of drug-likeness (QED) is 0.851. The molecule has 0 bridgehead atoms. The third-order valence-corrected chi connectivity index (χ3v) is 3.88. The lowest BCUT2D eigenvalue weighted by molar-refractivity contribution is 0.102. The summed E-state index contributed by atoms with van der Waals surface area (Å²) in [5.41, 5.74) is 8.94. The van der Waals surface area contributed by atoms with Gasteiger partial charge in [0.25, 0.3) is 5.91 Å². The summed E-state index contributed by atoms with van der Waals surface area (Å²) in [7, 11) is 3.82. The van der Waals surface area contributed by atoms with Gasteiger partial charge in [-0.3, -0.25) is 10.1 Å². The molecule has 1 aromatic heterocycles. The first-order chi connectivity index (χ1) is 9.88. The lowest BCUT2D eigenvalue weighted by Crippen LogP contribution is -2.15.